The first-order valence-electron chi connectivity index (χ1n) is 7.43. The van der Waals surface area contributed by atoms with Gasteiger partial charge in [-0.15, -0.1) is 0 Å². The number of anilines is 1. The Morgan fingerprint density at radius 1 is 1.04 bits per heavy atom. The molecule has 0 unspecified atom stereocenters. The Hall–Kier alpha value is -2.20. The number of aryl methyl sites for hydroxylation is 2. The van der Waals surface area contributed by atoms with Crippen LogP contribution in [0, 0.1) is 5.82 Å². The molecule has 2 nitrogen and oxygen atoms in total. The van der Waals surface area contributed by atoms with Crippen molar-refractivity contribution in [2.24, 2.45) is 0 Å². The average Bonchev–Trinajstić information content (AvgIpc) is 2.97. The predicted molar refractivity (Wildman–Crippen MR) is 93.4 cm³/mol. The molecular formula is C19H13BrFNO. The topological polar surface area (TPSA) is 29.1 Å². The Labute approximate surface area is 141 Å². The summed E-state index contributed by atoms with van der Waals surface area (Å²) in [7, 11) is 0. The van der Waals surface area contributed by atoms with E-state index in [1.807, 2.05) is 18.2 Å². The highest BCUT2D eigenvalue weighted by Gasteiger charge is 2.18. The highest BCUT2D eigenvalue weighted by atomic mass is 79.9. The van der Waals surface area contributed by atoms with Crippen LogP contribution in [0.15, 0.2) is 53.0 Å². The van der Waals surface area contributed by atoms with Crippen molar-refractivity contribution in [3.05, 3.63) is 75.5 Å². The molecule has 0 spiro atoms. The Kier molecular flexibility index (Phi) is 3.42. The zero-order valence-electron chi connectivity index (χ0n) is 12.2. The number of nitrogens with one attached hydrogen (secondary N) is 1. The molecule has 1 aliphatic carbocycles. The number of benzene rings is 3. The Morgan fingerprint density at radius 3 is 2.65 bits per heavy atom. The van der Waals surface area contributed by atoms with Gasteiger partial charge in [-0.2, -0.15) is 0 Å². The molecule has 0 heterocycles. The van der Waals surface area contributed by atoms with E-state index >= 15 is 0 Å². The summed E-state index contributed by atoms with van der Waals surface area (Å²) in [5, 5.41) is 5.20. The second kappa shape index (κ2) is 5.46. The molecule has 0 aromatic heterocycles. The zero-order chi connectivity index (χ0) is 16.0. The van der Waals surface area contributed by atoms with Gasteiger partial charge in [-0.05, 0) is 69.6 Å². The number of halogens is 2. The molecule has 0 saturated carbocycles. The van der Waals surface area contributed by atoms with E-state index in [0.29, 0.717) is 4.47 Å². The lowest BCUT2D eigenvalue weighted by molar-refractivity contribution is 0.102. The van der Waals surface area contributed by atoms with Crippen LogP contribution in [-0.2, 0) is 12.8 Å². The summed E-state index contributed by atoms with van der Waals surface area (Å²) in [6, 6.07) is 14.3. The molecule has 0 bridgehead atoms. The van der Waals surface area contributed by atoms with Crippen molar-refractivity contribution in [2.75, 3.05) is 5.32 Å². The summed E-state index contributed by atoms with van der Waals surface area (Å²) in [6.45, 7) is 0. The van der Waals surface area contributed by atoms with Crippen LogP contribution < -0.4 is 5.32 Å². The van der Waals surface area contributed by atoms with Crippen LogP contribution in [0.5, 0.6) is 0 Å². The van der Waals surface area contributed by atoms with Crippen LogP contribution in [-0.4, -0.2) is 5.91 Å². The molecule has 4 rings (SSSR count). The number of hydrogen-bond acceptors (Lipinski definition) is 1. The molecule has 3 aromatic rings. The van der Waals surface area contributed by atoms with Gasteiger partial charge in [0.05, 0.1) is 5.56 Å². The smallest absolute Gasteiger partial charge is 0.256 e. The summed E-state index contributed by atoms with van der Waals surface area (Å²) in [5.74, 6) is -0.756. The monoisotopic (exact) mass is 369 g/mol. The normalized spacial score (nSPS) is 12.6. The molecule has 1 amide bonds. The highest BCUT2D eigenvalue weighted by molar-refractivity contribution is 9.10. The maximum absolute atomic E-state index is 13.4. The lowest BCUT2D eigenvalue weighted by atomic mass is 10.0. The van der Waals surface area contributed by atoms with Gasteiger partial charge in [-0.3, -0.25) is 4.79 Å². The Balaban J connectivity index is 1.77. The van der Waals surface area contributed by atoms with E-state index in [0.717, 1.165) is 23.9 Å². The van der Waals surface area contributed by atoms with Crippen LogP contribution >= 0.6 is 15.9 Å². The molecule has 0 atom stereocenters. The SMILES string of the molecule is O=C(Nc1ccc2c3c(cccc13)CC2)c1cc(F)ccc1Br. The van der Waals surface area contributed by atoms with Gasteiger partial charge < -0.3 is 5.32 Å². The molecule has 3 aromatic carbocycles. The molecule has 23 heavy (non-hydrogen) atoms. The van der Waals surface area contributed by atoms with E-state index in [1.165, 1.54) is 34.7 Å². The summed E-state index contributed by atoms with van der Waals surface area (Å²) in [6.07, 6.45) is 2.08. The van der Waals surface area contributed by atoms with Crippen LogP contribution in [0.2, 0.25) is 0 Å². The van der Waals surface area contributed by atoms with Crippen molar-refractivity contribution in [1.82, 2.24) is 0 Å². The minimum Gasteiger partial charge on any atom is -0.321 e. The van der Waals surface area contributed by atoms with Gasteiger partial charge in [0.25, 0.3) is 5.91 Å². The fourth-order valence-electron chi connectivity index (χ4n) is 3.22. The lowest BCUT2D eigenvalue weighted by Crippen LogP contribution is -2.13. The van der Waals surface area contributed by atoms with E-state index in [9.17, 15) is 9.18 Å². The molecule has 1 N–H and O–H groups in total. The highest BCUT2D eigenvalue weighted by Crippen LogP contribution is 2.35. The van der Waals surface area contributed by atoms with Gasteiger partial charge in [0.1, 0.15) is 5.82 Å². The van der Waals surface area contributed by atoms with Crippen molar-refractivity contribution in [3.63, 3.8) is 0 Å². The maximum atomic E-state index is 13.4. The van der Waals surface area contributed by atoms with E-state index in [4.69, 9.17) is 0 Å². The molecule has 1 aliphatic rings. The van der Waals surface area contributed by atoms with Crippen LogP contribution in [0.3, 0.4) is 0 Å². The largest absolute Gasteiger partial charge is 0.321 e. The number of amides is 1. The summed E-state index contributed by atoms with van der Waals surface area (Å²) >= 11 is 3.30. The third kappa shape index (κ3) is 2.43. The Bertz CT molecular complexity index is 941. The van der Waals surface area contributed by atoms with Gasteiger partial charge in [0, 0.05) is 15.5 Å². The predicted octanol–water partition coefficient (Wildman–Crippen LogP) is 5.09. The molecule has 0 fully saturated rings. The zero-order valence-corrected chi connectivity index (χ0v) is 13.8. The second-order valence-electron chi connectivity index (χ2n) is 5.69. The number of carbonyl (C=O) groups is 1. The standard InChI is InChI=1S/C19H13BrFNO/c20-16-8-7-13(21)10-15(16)19(23)22-17-9-6-12-5-4-11-2-1-3-14(17)18(11)12/h1-3,6-10H,4-5H2,(H,22,23). The number of carbonyl (C=O) groups excluding carboxylic acids is 1. The van der Waals surface area contributed by atoms with Gasteiger partial charge in [-0.25, -0.2) is 4.39 Å². The Morgan fingerprint density at radius 2 is 1.83 bits per heavy atom. The minimum absolute atomic E-state index is 0.285. The van der Waals surface area contributed by atoms with Gasteiger partial charge in [-0.1, -0.05) is 24.3 Å². The third-order valence-corrected chi connectivity index (χ3v) is 4.99. The molecule has 0 saturated heterocycles. The fourth-order valence-corrected chi connectivity index (χ4v) is 3.64. The van der Waals surface area contributed by atoms with Gasteiger partial charge >= 0.3 is 0 Å². The second-order valence-corrected chi connectivity index (χ2v) is 6.54. The average molecular weight is 370 g/mol. The van der Waals surface area contributed by atoms with Crippen molar-refractivity contribution in [3.8, 4) is 0 Å². The third-order valence-electron chi connectivity index (χ3n) is 4.30. The first-order valence-corrected chi connectivity index (χ1v) is 8.22. The summed E-state index contributed by atoms with van der Waals surface area (Å²) < 4.78 is 14.0. The van der Waals surface area contributed by atoms with Gasteiger partial charge in [0.15, 0.2) is 0 Å². The minimum atomic E-state index is -0.432. The number of hydrogen-bond donors (Lipinski definition) is 1. The molecule has 0 aliphatic heterocycles. The summed E-state index contributed by atoms with van der Waals surface area (Å²) in [4.78, 5) is 12.5. The van der Waals surface area contributed by atoms with E-state index < -0.39 is 5.82 Å². The van der Waals surface area contributed by atoms with E-state index in [-0.39, 0.29) is 11.5 Å². The van der Waals surface area contributed by atoms with Gasteiger partial charge in [0.2, 0.25) is 0 Å². The van der Waals surface area contributed by atoms with Crippen molar-refractivity contribution >= 4 is 38.3 Å². The molecular weight excluding hydrogens is 357 g/mol. The van der Waals surface area contributed by atoms with Crippen molar-refractivity contribution in [2.45, 2.75) is 12.8 Å². The van der Waals surface area contributed by atoms with Crippen molar-refractivity contribution in [1.29, 1.82) is 0 Å². The number of rotatable bonds is 2. The van der Waals surface area contributed by atoms with Crippen molar-refractivity contribution < 1.29 is 9.18 Å². The van der Waals surface area contributed by atoms with Crippen LogP contribution in [0.1, 0.15) is 21.5 Å². The first kappa shape index (κ1) is 14.4. The summed E-state index contributed by atoms with van der Waals surface area (Å²) in [5.41, 5.74) is 3.68. The molecule has 4 heteroatoms. The molecule has 0 radical (unpaired) electrons. The quantitative estimate of drug-likeness (QED) is 0.669. The van der Waals surface area contributed by atoms with Crippen LogP contribution in [0.4, 0.5) is 10.1 Å². The maximum Gasteiger partial charge on any atom is 0.256 e. The molecule has 114 valence electrons. The van der Waals surface area contributed by atoms with E-state index in [2.05, 4.69) is 33.4 Å². The van der Waals surface area contributed by atoms with E-state index in [1.54, 1.807) is 0 Å². The first-order chi connectivity index (χ1) is 11.1. The van der Waals surface area contributed by atoms with Crippen LogP contribution in [0.25, 0.3) is 10.8 Å². The fraction of sp³-hybridized carbons (Fsp3) is 0.105. The lowest BCUT2D eigenvalue weighted by Gasteiger charge is -2.11.